The normalized spacial score (nSPS) is 12.6. The standard InChI is InChI=1S/C22H22N2O4/c1-24-18-8-7-16(13-17(18)14-22(24)28)20(26)11-12-23-21(27)10-9-19(25)15-5-3-2-4-6-15/h2-8,13H,9-12,14H2,1H3,(H,23,27). The molecule has 1 N–H and O–H groups in total. The van der Waals surface area contributed by atoms with Crippen molar-refractivity contribution in [1.82, 2.24) is 5.32 Å². The number of amides is 2. The van der Waals surface area contributed by atoms with Crippen LogP contribution in [-0.2, 0) is 16.0 Å². The van der Waals surface area contributed by atoms with E-state index < -0.39 is 0 Å². The van der Waals surface area contributed by atoms with Gasteiger partial charge in [-0.05, 0) is 23.8 Å². The van der Waals surface area contributed by atoms with Crippen molar-refractivity contribution in [3.8, 4) is 0 Å². The van der Waals surface area contributed by atoms with Crippen LogP contribution in [-0.4, -0.2) is 37.0 Å². The van der Waals surface area contributed by atoms with Crippen LogP contribution in [0.3, 0.4) is 0 Å². The summed E-state index contributed by atoms with van der Waals surface area (Å²) in [4.78, 5) is 49.5. The summed E-state index contributed by atoms with van der Waals surface area (Å²) < 4.78 is 0. The smallest absolute Gasteiger partial charge is 0.231 e. The van der Waals surface area contributed by atoms with E-state index in [0.717, 1.165) is 11.3 Å². The number of benzene rings is 2. The van der Waals surface area contributed by atoms with Gasteiger partial charge >= 0.3 is 0 Å². The fraction of sp³-hybridized carbons (Fsp3) is 0.273. The molecule has 2 aromatic carbocycles. The Kier molecular flexibility index (Phi) is 5.99. The Bertz CT molecular complexity index is 921. The molecule has 0 saturated heterocycles. The van der Waals surface area contributed by atoms with Gasteiger partial charge in [0.25, 0.3) is 0 Å². The van der Waals surface area contributed by atoms with Crippen molar-refractivity contribution < 1.29 is 19.2 Å². The number of Topliss-reactive ketones (excluding diaryl/α,β-unsaturated/α-hetero) is 2. The molecule has 6 nitrogen and oxygen atoms in total. The van der Waals surface area contributed by atoms with Gasteiger partial charge in [-0.15, -0.1) is 0 Å². The number of rotatable bonds is 8. The Balaban J connectivity index is 1.43. The van der Waals surface area contributed by atoms with E-state index in [1.807, 2.05) is 6.07 Å². The summed E-state index contributed by atoms with van der Waals surface area (Å²) in [6, 6.07) is 14.1. The van der Waals surface area contributed by atoms with Gasteiger partial charge in [-0.3, -0.25) is 19.2 Å². The first kappa shape index (κ1) is 19.5. The minimum absolute atomic E-state index is 0.0110. The molecule has 0 fully saturated rings. The minimum Gasteiger partial charge on any atom is -0.356 e. The summed E-state index contributed by atoms with van der Waals surface area (Å²) in [6.07, 6.45) is 0.700. The topological polar surface area (TPSA) is 83.6 Å². The molecule has 1 aliphatic rings. The molecule has 6 heteroatoms. The van der Waals surface area contributed by atoms with E-state index in [2.05, 4.69) is 5.32 Å². The van der Waals surface area contributed by atoms with E-state index >= 15 is 0 Å². The minimum atomic E-state index is -0.252. The Hall–Kier alpha value is -3.28. The molecule has 0 unspecified atom stereocenters. The van der Waals surface area contributed by atoms with Crippen molar-refractivity contribution in [3.05, 3.63) is 65.2 Å². The number of carbonyl (C=O) groups is 4. The number of likely N-dealkylation sites (N-methyl/N-ethyl adjacent to an activating group) is 1. The third-order valence-electron chi connectivity index (χ3n) is 4.83. The highest BCUT2D eigenvalue weighted by molar-refractivity contribution is 6.03. The molecule has 0 radical (unpaired) electrons. The SMILES string of the molecule is CN1C(=O)Cc2cc(C(=O)CCNC(=O)CCC(=O)c3ccccc3)ccc21. The van der Waals surface area contributed by atoms with Crippen LogP contribution in [0.15, 0.2) is 48.5 Å². The summed E-state index contributed by atoms with van der Waals surface area (Å²) in [5.41, 5.74) is 2.81. The van der Waals surface area contributed by atoms with Crippen molar-refractivity contribution >= 4 is 29.1 Å². The van der Waals surface area contributed by atoms with Gasteiger partial charge in [0.2, 0.25) is 11.8 Å². The Morgan fingerprint density at radius 1 is 0.929 bits per heavy atom. The molecule has 2 amide bonds. The monoisotopic (exact) mass is 378 g/mol. The van der Waals surface area contributed by atoms with Crippen molar-refractivity contribution in [2.24, 2.45) is 0 Å². The second kappa shape index (κ2) is 8.61. The number of anilines is 1. The summed E-state index contributed by atoms with van der Waals surface area (Å²) in [6.45, 7) is 0.215. The van der Waals surface area contributed by atoms with Gasteiger partial charge < -0.3 is 10.2 Å². The Morgan fingerprint density at radius 3 is 2.39 bits per heavy atom. The number of carbonyl (C=O) groups excluding carboxylic acids is 4. The lowest BCUT2D eigenvalue weighted by Crippen LogP contribution is -2.26. The maximum atomic E-state index is 12.3. The molecule has 1 heterocycles. The third-order valence-corrected chi connectivity index (χ3v) is 4.83. The van der Waals surface area contributed by atoms with Crippen LogP contribution in [0, 0.1) is 0 Å². The molecule has 0 spiro atoms. The van der Waals surface area contributed by atoms with Crippen LogP contribution in [0.1, 0.15) is 45.5 Å². The molecule has 1 aliphatic heterocycles. The predicted molar refractivity (Wildman–Crippen MR) is 106 cm³/mol. The molecule has 3 rings (SSSR count). The van der Waals surface area contributed by atoms with E-state index in [9.17, 15) is 19.2 Å². The highest BCUT2D eigenvalue weighted by atomic mass is 16.2. The summed E-state index contributed by atoms with van der Waals surface area (Å²) in [5, 5.41) is 2.68. The number of hydrogen-bond donors (Lipinski definition) is 1. The first-order valence-electron chi connectivity index (χ1n) is 9.23. The molecule has 0 aromatic heterocycles. The molecule has 144 valence electrons. The van der Waals surface area contributed by atoms with E-state index in [0.29, 0.717) is 17.5 Å². The number of ketones is 2. The Labute approximate surface area is 163 Å². The molecule has 0 bridgehead atoms. The molecule has 0 aliphatic carbocycles. The van der Waals surface area contributed by atoms with Crippen LogP contribution in [0.4, 0.5) is 5.69 Å². The molecular weight excluding hydrogens is 356 g/mol. The fourth-order valence-corrected chi connectivity index (χ4v) is 3.19. The first-order chi connectivity index (χ1) is 13.5. The lowest BCUT2D eigenvalue weighted by atomic mass is 10.0. The highest BCUT2D eigenvalue weighted by Gasteiger charge is 2.24. The summed E-state index contributed by atoms with van der Waals surface area (Å²) in [5.74, 6) is -0.412. The van der Waals surface area contributed by atoms with Gasteiger partial charge in [0.05, 0.1) is 6.42 Å². The van der Waals surface area contributed by atoms with Crippen molar-refractivity contribution in [2.75, 3.05) is 18.5 Å². The number of nitrogens with one attached hydrogen (secondary N) is 1. The van der Waals surface area contributed by atoms with E-state index in [-0.39, 0.29) is 49.2 Å². The number of hydrogen-bond acceptors (Lipinski definition) is 4. The summed E-state index contributed by atoms with van der Waals surface area (Å²) in [7, 11) is 1.72. The maximum absolute atomic E-state index is 12.3. The lowest BCUT2D eigenvalue weighted by Gasteiger charge is -2.10. The maximum Gasteiger partial charge on any atom is 0.231 e. The van der Waals surface area contributed by atoms with Gasteiger partial charge in [0.1, 0.15) is 0 Å². The average Bonchev–Trinajstić information content (AvgIpc) is 3.00. The largest absolute Gasteiger partial charge is 0.356 e. The zero-order chi connectivity index (χ0) is 20.1. The van der Waals surface area contributed by atoms with Crippen LogP contribution in [0.5, 0.6) is 0 Å². The van der Waals surface area contributed by atoms with Gasteiger partial charge in [-0.2, -0.15) is 0 Å². The highest BCUT2D eigenvalue weighted by Crippen LogP contribution is 2.28. The van der Waals surface area contributed by atoms with Gasteiger partial charge in [-0.25, -0.2) is 0 Å². The lowest BCUT2D eigenvalue weighted by molar-refractivity contribution is -0.121. The van der Waals surface area contributed by atoms with Gasteiger partial charge in [0.15, 0.2) is 11.6 Å². The quantitative estimate of drug-likeness (QED) is 0.716. The van der Waals surface area contributed by atoms with Crippen molar-refractivity contribution in [3.63, 3.8) is 0 Å². The van der Waals surface area contributed by atoms with Gasteiger partial charge in [0, 0.05) is 49.7 Å². The molecular formula is C22H22N2O4. The molecule has 0 saturated carbocycles. The number of nitrogens with zero attached hydrogens (tertiary/aromatic N) is 1. The van der Waals surface area contributed by atoms with Crippen LogP contribution >= 0.6 is 0 Å². The number of fused-ring (bicyclic) bond motifs is 1. The summed E-state index contributed by atoms with van der Waals surface area (Å²) >= 11 is 0. The second-order valence-electron chi connectivity index (χ2n) is 6.79. The van der Waals surface area contributed by atoms with Gasteiger partial charge in [-0.1, -0.05) is 30.3 Å². The molecule has 2 aromatic rings. The van der Waals surface area contributed by atoms with Crippen LogP contribution < -0.4 is 10.2 Å². The predicted octanol–water partition coefficient (Wildman–Crippen LogP) is 2.56. The Morgan fingerprint density at radius 2 is 1.64 bits per heavy atom. The molecule has 0 atom stereocenters. The zero-order valence-corrected chi connectivity index (χ0v) is 15.7. The fourth-order valence-electron chi connectivity index (χ4n) is 3.19. The second-order valence-corrected chi connectivity index (χ2v) is 6.79. The molecule has 28 heavy (non-hydrogen) atoms. The van der Waals surface area contributed by atoms with Crippen molar-refractivity contribution in [1.29, 1.82) is 0 Å². The van der Waals surface area contributed by atoms with Crippen molar-refractivity contribution in [2.45, 2.75) is 25.7 Å². The van der Waals surface area contributed by atoms with E-state index in [4.69, 9.17) is 0 Å². The van der Waals surface area contributed by atoms with Crippen LogP contribution in [0.25, 0.3) is 0 Å². The van der Waals surface area contributed by atoms with E-state index in [1.54, 1.807) is 54.4 Å². The average molecular weight is 378 g/mol. The zero-order valence-electron chi connectivity index (χ0n) is 15.7. The third kappa shape index (κ3) is 4.52. The van der Waals surface area contributed by atoms with Crippen LogP contribution in [0.2, 0.25) is 0 Å². The first-order valence-corrected chi connectivity index (χ1v) is 9.23. The van der Waals surface area contributed by atoms with E-state index in [1.165, 1.54) is 0 Å².